The van der Waals surface area contributed by atoms with Gasteiger partial charge in [0.2, 0.25) is 11.8 Å². The number of hydrogen-bond acceptors (Lipinski definition) is 9. The Morgan fingerprint density at radius 1 is 0.884 bits per heavy atom. The van der Waals surface area contributed by atoms with E-state index in [2.05, 4.69) is 15.3 Å². The topological polar surface area (TPSA) is 156 Å². The number of nitriles is 2. The second-order valence-corrected chi connectivity index (χ2v) is 11.7. The SMILES string of the molecule is C[C@@H]1CN(C(=O)OC(C)(C)C)CCN1C(=O)Cc1cncc(C#N)c1.C[C@@H]1CNCCN1C(=O)Cc1cncc(C#N)c1. The Hall–Kier alpha value is -4.55. The number of ether oxygens (including phenoxy) is 1. The summed E-state index contributed by atoms with van der Waals surface area (Å²) in [5, 5.41) is 21.0. The van der Waals surface area contributed by atoms with Crippen LogP contribution in [-0.4, -0.2) is 99.5 Å². The van der Waals surface area contributed by atoms with E-state index < -0.39 is 5.60 Å². The fraction of sp³-hybridized carbons (Fsp3) is 0.516. The van der Waals surface area contributed by atoms with Gasteiger partial charge in [0, 0.05) is 76.1 Å². The predicted molar refractivity (Wildman–Crippen MR) is 158 cm³/mol. The Kier molecular flexibility index (Phi) is 11.6. The highest BCUT2D eigenvalue weighted by Gasteiger charge is 2.32. The number of aromatic nitrogens is 2. The highest BCUT2D eigenvalue weighted by atomic mass is 16.6. The third-order valence-corrected chi connectivity index (χ3v) is 6.98. The van der Waals surface area contributed by atoms with Crippen LogP contribution in [0.2, 0.25) is 0 Å². The molecule has 1 N–H and O–H groups in total. The summed E-state index contributed by atoms with van der Waals surface area (Å²) in [6.07, 6.45) is 6.37. The average molecular weight is 589 g/mol. The van der Waals surface area contributed by atoms with Crippen molar-refractivity contribution in [2.45, 2.75) is 65.1 Å². The largest absolute Gasteiger partial charge is 0.444 e. The van der Waals surface area contributed by atoms with Gasteiger partial charge in [0.25, 0.3) is 0 Å². The predicted octanol–water partition coefficient (Wildman–Crippen LogP) is 2.28. The molecule has 3 amide bonds. The third kappa shape index (κ3) is 10.0. The second kappa shape index (κ2) is 15.1. The van der Waals surface area contributed by atoms with E-state index in [-0.39, 0.29) is 36.4 Å². The zero-order valence-corrected chi connectivity index (χ0v) is 25.5. The summed E-state index contributed by atoms with van der Waals surface area (Å²) < 4.78 is 5.39. The Balaban J connectivity index is 0.000000248. The standard InChI is InChI=1S/C18H24N4O3.C13H16N4O/c1-13-12-21(17(24)25-18(2,3)4)5-6-22(13)16(23)8-14-7-15(9-19)11-20-10-14;1-10-7-15-2-3-17(10)13(18)5-11-4-12(6-14)9-16-8-11/h7,10-11,13H,5-6,8,12H2,1-4H3;4,8-10,15H,2-3,5,7H2,1H3/t13-;10-/m11/s1. The van der Waals surface area contributed by atoms with Crippen molar-refractivity contribution in [3.05, 3.63) is 59.2 Å². The number of nitrogens with one attached hydrogen (secondary N) is 1. The van der Waals surface area contributed by atoms with E-state index in [1.165, 1.54) is 12.4 Å². The molecule has 0 saturated carbocycles. The normalized spacial score (nSPS) is 18.4. The minimum Gasteiger partial charge on any atom is -0.444 e. The van der Waals surface area contributed by atoms with Crippen molar-refractivity contribution in [2.75, 3.05) is 39.3 Å². The summed E-state index contributed by atoms with van der Waals surface area (Å²) in [7, 11) is 0. The lowest BCUT2D eigenvalue weighted by Crippen LogP contribution is -2.56. The zero-order chi connectivity index (χ0) is 31.6. The molecule has 2 aliphatic heterocycles. The van der Waals surface area contributed by atoms with Gasteiger partial charge >= 0.3 is 6.09 Å². The Bertz CT molecular complexity index is 1380. The molecule has 2 saturated heterocycles. The third-order valence-electron chi connectivity index (χ3n) is 6.98. The highest BCUT2D eigenvalue weighted by Crippen LogP contribution is 2.16. The molecule has 0 unspecified atom stereocenters. The lowest BCUT2D eigenvalue weighted by molar-refractivity contribution is -0.135. The van der Waals surface area contributed by atoms with Crippen LogP contribution in [0.1, 0.15) is 56.9 Å². The molecule has 43 heavy (non-hydrogen) atoms. The molecule has 4 heterocycles. The van der Waals surface area contributed by atoms with Crippen molar-refractivity contribution in [3.63, 3.8) is 0 Å². The van der Waals surface area contributed by atoms with Gasteiger partial charge in [-0.15, -0.1) is 0 Å². The van der Waals surface area contributed by atoms with E-state index >= 15 is 0 Å². The van der Waals surface area contributed by atoms with Gasteiger partial charge in [0.1, 0.15) is 17.7 Å². The van der Waals surface area contributed by atoms with Crippen LogP contribution in [0.4, 0.5) is 4.79 Å². The first-order chi connectivity index (χ1) is 20.4. The Morgan fingerprint density at radius 3 is 1.88 bits per heavy atom. The lowest BCUT2D eigenvalue weighted by atomic mass is 10.1. The Morgan fingerprint density at radius 2 is 1.42 bits per heavy atom. The molecular formula is C31H40N8O4. The van der Waals surface area contributed by atoms with Crippen LogP contribution in [0.3, 0.4) is 0 Å². The van der Waals surface area contributed by atoms with Crippen LogP contribution in [0.5, 0.6) is 0 Å². The van der Waals surface area contributed by atoms with E-state index in [4.69, 9.17) is 15.3 Å². The summed E-state index contributed by atoms with van der Waals surface area (Å²) in [5.41, 5.74) is 1.91. The quantitative estimate of drug-likeness (QED) is 0.566. The molecule has 0 aromatic carbocycles. The highest BCUT2D eigenvalue weighted by molar-refractivity contribution is 5.80. The van der Waals surface area contributed by atoms with Gasteiger partial charge in [-0.2, -0.15) is 10.5 Å². The van der Waals surface area contributed by atoms with E-state index in [1.807, 2.05) is 51.7 Å². The van der Waals surface area contributed by atoms with Crippen LogP contribution in [0, 0.1) is 22.7 Å². The van der Waals surface area contributed by atoms with Crippen LogP contribution in [0.15, 0.2) is 36.9 Å². The first-order valence-corrected chi connectivity index (χ1v) is 14.4. The minimum atomic E-state index is -0.536. The Labute approximate surface area is 253 Å². The van der Waals surface area contributed by atoms with E-state index in [0.29, 0.717) is 42.7 Å². The maximum atomic E-state index is 12.6. The minimum absolute atomic E-state index is 0.0340. The van der Waals surface area contributed by atoms with Crippen LogP contribution < -0.4 is 5.32 Å². The molecule has 0 bridgehead atoms. The van der Waals surface area contributed by atoms with E-state index in [9.17, 15) is 14.4 Å². The van der Waals surface area contributed by atoms with Gasteiger partial charge < -0.3 is 24.8 Å². The number of nitrogens with zero attached hydrogens (tertiary/aromatic N) is 7. The number of carbonyl (C=O) groups is 3. The second-order valence-electron chi connectivity index (χ2n) is 11.7. The molecular weight excluding hydrogens is 548 g/mol. The first kappa shape index (κ1) is 33.0. The molecule has 228 valence electrons. The molecule has 0 radical (unpaired) electrons. The van der Waals surface area contributed by atoms with Gasteiger partial charge in [-0.1, -0.05) is 0 Å². The molecule has 2 aliphatic rings. The molecule has 2 aromatic heterocycles. The van der Waals surface area contributed by atoms with Gasteiger partial charge in [-0.05, 0) is 57.9 Å². The van der Waals surface area contributed by atoms with Crippen molar-refractivity contribution in [1.82, 2.24) is 30.0 Å². The molecule has 0 spiro atoms. The summed E-state index contributed by atoms with van der Waals surface area (Å²) in [6, 6.07) is 7.57. The summed E-state index contributed by atoms with van der Waals surface area (Å²) in [6.45, 7) is 13.2. The zero-order valence-electron chi connectivity index (χ0n) is 25.5. The smallest absolute Gasteiger partial charge is 0.410 e. The van der Waals surface area contributed by atoms with Crippen molar-refractivity contribution in [1.29, 1.82) is 10.5 Å². The molecule has 2 aromatic rings. The fourth-order valence-electron chi connectivity index (χ4n) is 4.88. The number of pyridine rings is 2. The number of amides is 3. The van der Waals surface area contributed by atoms with Crippen LogP contribution in [0.25, 0.3) is 0 Å². The van der Waals surface area contributed by atoms with Gasteiger partial charge in [0.15, 0.2) is 0 Å². The van der Waals surface area contributed by atoms with Gasteiger partial charge in [-0.3, -0.25) is 19.6 Å². The maximum absolute atomic E-state index is 12.6. The van der Waals surface area contributed by atoms with Gasteiger partial charge in [0.05, 0.1) is 24.0 Å². The first-order valence-electron chi connectivity index (χ1n) is 14.4. The van der Waals surface area contributed by atoms with Crippen molar-refractivity contribution in [3.8, 4) is 12.1 Å². The van der Waals surface area contributed by atoms with Crippen molar-refractivity contribution >= 4 is 17.9 Å². The molecule has 4 rings (SSSR count). The van der Waals surface area contributed by atoms with Crippen LogP contribution in [-0.2, 0) is 27.2 Å². The summed E-state index contributed by atoms with van der Waals surface area (Å²) in [5.74, 6) is 0.0640. The van der Waals surface area contributed by atoms with Crippen molar-refractivity contribution < 1.29 is 19.1 Å². The molecule has 12 heteroatoms. The number of piperazine rings is 2. The maximum Gasteiger partial charge on any atom is 0.410 e. The monoisotopic (exact) mass is 588 g/mol. The van der Waals surface area contributed by atoms with Crippen molar-refractivity contribution in [2.24, 2.45) is 0 Å². The molecule has 2 fully saturated rings. The number of carbonyl (C=O) groups excluding carboxylic acids is 3. The fourth-order valence-corrected chi connectivity index (χ4v) is 4.88. The van der Waals surface area contributed by atoms with E-state index in [1.54, 1.807) is 34.3 Å². The van der Waals surface area contributed by atoms with Gasteiger partial charge in [-0.25, -0.2) is 4.79 Å². The molecule has 2 atom stereocenters. The number of rotatable bonds is 4. The average Bonchev–Trinajstić information content (AvgIpc) is 2.97. The molecule has 12 nitrogen and oxygen atoms in total. The molecule has 0 aliphatic carbocycles. The summed E-state index contributed by atoms with van der Waals surface area (Å²) in [4.78, 5) is 50.1. The van der Waals surface area contributed by atoms with Crippen LogP contribution >= 0.6 is 0 Å². The number of hydrogen-bond donors (Lipinski definition) is 1. The summed E-state index contributed by atoms with van der Waals surface area (Å²) >= 11 is 0. The van der Waals surface area contributed by atoms with E-state index in [0.717, 1.165) is 25.2 Å². The lowest BCUT2D eigenvalue weighted by Gasteiger charge is -2.40.